The second kappa shape index (κ2) is 12.8. The molecule has 3 heterocycles. The van der Waals surface area contributed by atoms with Gasteiger partial charge in [0, 0.05) is 46.7 Å². The monoisotopic (exact) mass is 562 g/mol. The van der Waals surface area contributed by atoms with Crippen molar-refractivity contribution in [3.63, 3.8) is 0 Å². The maximum absolute atomic E-state index is 13.4. The van der Waals surface area contributed by atoms with Crippen molar-refractivity contribution in [2.24, 2.45) is 0 Å². The van der Waals surface area contributed by atoms with E-state index in [1.807, 2.05) is 39.3 Å². The van der Waals surface area contributed by atoms with Crippen LogP contribution >= 0.6 is 23.2 Å². The van der Waals surface area contributed by atoms with Crippen LogP contribution < -0.4 is 0 Å². The molecule has 1 unspecified atom stereocenters. The fraction of sp³-hybridized carbons (Fsp3) is 0.607. The molecule has 0 bridgehead atoms. The Labute approximate surface area is 236 Å². The minimum Gasteiger partial charge on any atom is -0.347 e. The van der Waals surface area contributed by atoms with Crippen LogP contribution in [0, 0.1) is 0 Å². The van der Waals surface area contributed by atoms with Gasteiger partial charge >= 0.3 is 0 Å². The normalized spacial score (nSPS) is 19.2. The summed E-state index contributed by atoms with van der Waals surface area (Å²) in [6.45, 7) is 5.20. The molecule has 2 aromatic rings. The van der Waals surface area contributed by atoms with Gasteiger partial charge in [0.2, 0.25) is 5.91 Å². The maximum Gasteiger partial charge on any atom is 0.271 e. The van der Waals surface area contributed by atoms with E-state index in [2.05, 4.69) is 19.8 Å². The number of amides is 2. The van der Waals surface area contributed by atoms with Gasteiger partial charge in [0.25, 0.3) is 5.91 Å². The van der Waals surface area contributed by atoms with Crippen molar-refractivity contribution in [1.29, 1.82) is 0 Å². The predicted molar refractivity (Wildman–Crippen MR) is 152 cm³/mol. The topological polar surface area (TPSA) is 75.8 Å². The molecule has 10 heteroatoms. The van der Waals surface area contributed by atoms with Crippen LogP contribution in [0.25, 0.3) is 0 Å². The number of hydrogen-bond acceptors (Lipinski definition) is 5. The molecule has 208 valence electrons. The number of likely N-dealkylation sites (tertiary alicyclic amines) is 2. The van der Waals surface area contributed by atoms with Crippen molar-refractivity contribution >= 4 is 35.0 Å². The van der Waals surface area contributed by atoms with Crippen molar-refractivity contribution in [3.8, 4) is 0 Å². The van der Waals surface area contributed by atoms with Crippen LogP contribution in [-0.2, 0) is 4.79 Å². The zero-order chi connectivity index (χ0) is 27.3. The fourth-order valence-electron chi connectivity index (χ4n) is 6.01. The second-order valence-corrected chi connectivity index (χ2v) is 11.7. The van der Waals surface area contributed by atoms with Gasteiger partial charge in [0.15, 0.2) is 0 Å². The van der Waals surface area contributed by atoms with E-state index in [0.717, 1.165) is 57.5 Å². The molecule has 0 aliphatic carbocycles. The SMILES string of the molecule is CN(C)C(=O)C1(N2CCCCC2)CCN(CCC(CN(C)C(=O)c2cnc[nH]2)c2ccc(Cl)c(Cl)c2)CC1. The lowest BCUT2D eigenvalue weighted by Gasteiger charge is -2.50. The molecule has 2 fully saturated rings. The van der Waals surface area contributed by atoms with E-state index in [1.54, 1.807) is 16.0 Å². The van der Waals surface area contributed by atoms with Gasteiger partial charge in [-0.05, 0) is 69.4 Å². The van der Waals surface area contributed by atoms with Crippen LogP contribution in [0.15, 0.2) is 30.7 Å². The average molecular weight is 564 g/mol. The van der Waals surface area contributed by atoms with Crippen molar-refractivity contribution < 1.29 is 9.59 Å². The summed E-state index contributed by atoms with van der Waals surface area (Å²) >= 11 is 12.6. The number of piperidine rings is 2. The number of rotatable bonds is 9. The number of nitrogens with zero attached hydrogens (tertiary/aromatic N) is 5. The molecule has 0 spiro atoms. The van der Waals surface area contributed by atoms with E-state index in [0.29, 0.717) is 22.3 Å². The lowest BCUT2D eigenvalue weighted by Crippen LogP contribution is -2.64. The highest BCUT2D eigenvalue weighted by Gasteiger charge is 2.47. The molecule has 2 saturated heterocycles. The molecule has 2 aliphatic heterocycles. The number of imidazole rings is 1. The molecular formula is C28H40Cl2N6O2. The van der Waals surface area contributed by atoms with Crippen molar-refractivity contribution in [1.82, 2.24) is 29.6 Å². The van der Waals surface area contributed by atoms with Crippen LogP contribution in [0.3, 0.4) is 0 Å². The Bertz CT molecular complexity index is 1080. The number of hydrogen-bond donors (Lipinski definition) is 1. The molecule has 4 rings (SSSR count). The quantitative estimate of drug-likeness (QED) is 0.491. The van der Waals surface area contributed by atoms with Gasteiger partial charge in [0.1, 0.15) is 11.2 Å². The van der Waals surface area contributed by atoms with Crippen LogP contribution in [0.5, 0.6) is 0 Å². The molecule has 8 nitrogen and oxygen atoms in total. The Morgan fingerprint density at radius 1 is 1.05 bits per heavy atom. The predicted octanol–water partition coefficient (Wildman–Crippen LogP) is 4.37. The van der Waals surface area contributed by atoms with Crippen molar-refractivity contribution in [3.05, 3.63) is 52.0 Å². The maximum atomic E-state index is 13.4. The number of carbonyl (C=O) groups excluding carboxylic acids is 2. The largest absolute Gasteiger partial charge is 0.347 e. The van der Waals surface area contributed by atoms with Gasteiger partial charge < -0.3 is 19.7 Å². The lowest BCUT2D eigenvalue weighted by molar-refractivity contribution is -0.147. The summed E-state index contributed by atoms with van der Waals surface area (Å²) in [5.74, 6) is 0.226. The first-order valence-electron chi connectivity index (χ1n) is 13.6. The van der Waals surface area contributed by atoms with E-state index in [1.165, 1.54) is 25.6 Å². The van der Waals surface area contributed by atoms with Crippen molar-refractivity contribution in [2.45, 2.75) is 50.0 Å². The number of aromatic amines is 1. The fourth-order valence-corrected chi connectivity index (χ4v) is 6.32. The highest BCUT2D eigenvalue weighted by Crippen LogP contribution is 2.34. The van der Waals surface area contributed by atoms with E-state index in [4.69, 9.17) is 23.2 Å². The van der Waals surface area contributed by atoms with E-state index in [9.17, 15) is 9.59 Å². The molecule has 1 N–H and O–H groups in total. The molecule has 0 radical (unpaired) electrons. The molecule has 1 aromatic heterocycles. The van der Waals surface area contributed by atoms with E-state index in [-0.39, 0.29) is 23.3 Å². The van der Waals surface area contributed by atoms with Crippen LogP contribution in [-0.4, -0.2) is 107 Å². The number of carbonyl (C=O) groups is 2. The van der Waals surface area contributed by atoms with Crippen LogP contribution in [0.1, 0.15) is 60.5 Å². The zero-order valence-corrected chi connectivity index (χ0v) is 24.3. The summed E-state index contributed by atoms with van der Waals surface area (Å²) in [5.41, 5.74) is 1.14. The highest BCUT2D eigenvalue weighted by atomic mass is 35.5. The number of halogens is 2. The zero-order valence-electron chi connectivity index (χ0n) is 22.8. The van der Waals surface area contributed by atoms with Crippen LogP contribution in [0.2, 0.25) is 10.0 Å². The summed E-state index contributed by atoms with van der Waals surface area (Å²) in [6.07, 6.45) is 9.20. The van der Waals surface area contributed by atoms with Crippen LogP contribution in [0.4, 0.5) is 0 Å². The summed E-state index contributed by atoms with van der Waals surface area (Å²) in [4.78, 5) is 41.6. The first-order valence-corrected chi connectivity index (χ1v) is 14.3. The summed E-state index contributed by atoms with van der Waals surface area (Å²) in [5, 5.41) is 1.04. The number of nitrogens with one attached hydrogen (secondary N) is 1. The first-order chi connectivity index (χ1) is 18.2. The summed E-state index contributed by atoms with van der Waals surface area (Å²) in [6, 6.07) is 5.74. The van der Waals surface area contributed by atoms with Gasteiger partial charge in [-0.1, -0.05) is 35.7 Å². The number of likely N-dealkylation sites (N-methyl/N-ethyl adjacent to an activating group) is 2. The second-order valence-electron chi connectivity index (χ2n) is 10.9. The molecule has 1 atom stereocenters. The van der Waals surface area contributed by atoms with Gasteiger partial charge in [-0.3, -0.25) is 14.5 Å². The van der Waals surface area contributed by atoms with Gasteiger partial charge in [-0.15, -0.1) is 0 Å². The number of H-pyrrole nitrogens is 1. The molecule has 38 heavy (non-hydrogen) atoms. The molecule has 1 aromatic carbocycles. The molecule has 2 aliphatic rings. The summed E-state index contributed by atoms with van der Waals surface area (Å²) < 4.78 is 0. The third kappa shape index (κ3) is 6.53. The molecular weight excluding hydrogens is 523 g/mol. The third-order valence-electron chi connectivity index (χ3n) is 8.23. The standard InChI is InChI=1S/C28H40Cl2N6O2/c1-33(2)27(38)28(36-12-5-4-6-13-36)10-15-35(16-11-28)14-9-22(21-7-8-23(29)24(30)17-21)19-34(3)26(37)25-18-31-20-32-25/h7-8,17-18,20,22H,4-6,9-16,19H2,1-3H3,(H,31,32). The number of benzene rings is 1. The summed E-state index contributed by atoms with van der Waals surface area (Å²) in [7, 11) is 5.57. The molecule has 0 saturated carbocycles. The number of aromatic nitrogens is 2. The minimum atomic E-state index is -0.389. The smallest absolute Gasteiger partial charge is 0.271 e. The lowest BCUT2D eigenvalue weighted by atomic mass is 9.82. The minimum absolute atomic E-state index is 0.0822. The average Bonchev–Trinajstić information content (AvgIpc) is 3.47. The van der Waals surface area contributed by atoms with E-state index >= 15 is 0 Å². The van der Waals surface area contributed by atoms with Gasteiger partial charge in [-0.2, -0.15) is 0 Å². The van der Waals surface area contributed by atoms with Crippen molar-refractivity contribution in [2.75, 3.05) is 60.4 Å². The molecule has 2 amide bonds. The first kappa shape index (κ1) is 28.9. The Balaban J connectivity index is 1.44. The highest BCUT2D eigenvalue weighted by molar-refractivity contribution is 6.42. The Kier molecular flexibility index (Phi) is 9.74. The third-order valence-corrected chi connectivity index (χ3v) is 8.97. The Morgan fingerprint density at radius 2 is 1.76 bits per heavy atom. The van der Waals surface area contributed by atoms with Gasteiger partial charge in [-0.25, -0.2) is 4.98 Å². The Hall–Kier alpha value is -2.13. The van der Waals surface area contributed by atoms with Gasteiger partial charge in [0.05, 0.1) is 22.6 Å². The van der Waals surface area contributed by atoms with E-state index < -0.39 is 0 Å². The Morgan fingerprint density at radius 3 is 2.37 bits per heavy atom.